The van der Waals surface area contributed by atoms with Crippen molar-refractivity contribution >= 4 is 15.1 Å². The maximum atomic E-state index is 13.5. The van der Waals surface area contributed by atoms with Crippen molar-refractivity contribution < 1.29 is 14.0 Å². The van der Waals surface area contributed by atoms with Crippen molar-refractivity contribution in [2.45, 2.75) is 77.3 Å². The van der Waals surface area contributed by atoms with E-state index in [1.807, 2.05) is 0 Å². The van der Waals surface area contributed by atoms with E-state index in [0.29, 0.717) is 30.8 Å². The molecule has 0 atom stereocenters. The van der Waals surface area contributed by atoms with Crippen LogP contribution in [-0.4, -0.2) is 20.2 Å². The molecule has 2 fully saturated rings. The van der Waals surface area contributed by atoms with Crippen LogP contribution in [0.5, 0.6) is 0 Å². The van der Waals surface area contributed by atoms with Gasteiger partial charge in [-0.15, -0.1) is 0 Å². The molecule has 1 heterocycles. The van der Waals surface area contributed by atoms with Crippen molar-refractivity contribution in [2.75, 3.05) is 0 Å². The van der Waals surface area contributed by atoms with Crippen LogP contribution in [-0.2, 0) is 4.79 Å². The average Bonchev–Trinajstić information content (AvgIpc) is 2.46. The van der Waals surface area contributed by atoms with Crippen molar-refractivity contribution in [2.24, 2.45) is 23.2 Å². The zero-order valence-electron chi connectivity index (χ0n) is 13.6. The molecule has 1 aliphatic heterocycles. The second-order valence-electron chi connectivity index (χ2n) is 7.82. The summed E-state index contributed by atoms with van der Waals surface area (Å²) >= 11 is 0. The molecule has 0 amide bonds. The molecule has 1 saturated carbocycles. The molecule has 2 aliphatic rings. The van der Waals surface area contributed by atoms with Crippen LogP contribution >= 0.6 is 0 Å². The lowest BCUT2D eigenvalue weighted by Crippen LogP contribution is -2.44. The van der Waals surface area contributed by atoms with Crippen LogP contribution in [0.4, 0.5) is 4.11 Å². The first-order chi connectivity index (χ1) is 9.94. The fourth-order valence-electron chi connectivity index (χ4n) is 4.47. The van der Waals surface area contributed by atoms with Crippen molar-refractivity contribution in [3.63, 3.8) is 0 Å². The van der Waals surface area contributed by atoms with Gasteiger partial charge < -0.3 is 9.21 Å². The van der Waals surface area contributed by atoms with Crippen LogP contribution < -0.4 is 0 Å². The molecular formula is C17H31FO2Si. The van der Waals surface area contributed by atoms with Gasteiger partial charge in [0.1, 0.15) is 0 Å². The summed E-state index contributed by atoms with van der Waals surface area (Å²) < 4.78 is 13.5. The Morgan fingerprint density at radius 1 is 1.24 bits per heavy atom. The quantitative estimate of drug-likeness (QED) is 0.585. The van der Waals surface area contributed by atoms with E-state index in [9.17, 15) is 14.0 Å². The van der Waals surface area contributed by atoms with E-state index in [4.69, 9.17) is 0 Å². The van der Waals surface area contributed by atoms with Gasteiger partial charge in [0.25, 0.3) is 0 Å². The van der Waals surface area contributed by atoms with Gasteiger partial charge in [0.15, 0.2) is 0 Å². The highest BCUT2D eigenvalue weighted by atomic mass is 28.3. The highest BCUT2D eigenvalue weighted by Crippen LogP contribution is 2.50. The molecule has 21 heavy (non-hydrogen) atoms. The van der Waals surface area contributed by atoms with E-state index in [-0.39, 0.29) is 0 Å². The van der Waals surface area contributed by atoms with E-state index in [2.05, 4.69) is 13.8 Å². The summed E-state index contributed by atoms with van der Waals surface area (Å²) in [6.45, 7) is 4.54. The fraction of sp³-hybridized carbons (Fsp3) is 0.941. The number of hydrogen-bond donors (Lipinski definition) is 1. The smallest absolute Gasteiger partial charge is 0.309 e. The summed E-state index contributed by atoms with van der Waals surface area (Å²) in [5, 5.41) is 9.76. The summed E-state index contributed by atoms with van der Waals surface area (Å²) in [5.41, 5.74) is -0.585. The van der Waals surface area contributed by atoms with Crippen LogP contribution in [0, 0.1) is 23.2 Å². The Balaban J connectivity index is 1.91. The molecule has 2 nitrogen and oxygen atoms in total. The number of carbonyl (C=O) groups is 1. The van der Waals surface area contributed by atoms with E-state index >= 15 is 0 Å². The predicted octanol–water partition coefficient (Wildman–Crippen LogP) is 4.79. The lowest BCUT2D eigenvalue weighted by molar-refractivity contribution is -0.155. The van der Waals surface area contributed by atoms with Crippen LogP contribution in [0.3, 0.4) is 0 Å². The third kappa shape index (κ3) is 4.08. The van der Waals surface area contributed by atoms with Gasteiger partial charge in [-0.1, -0.05) is 39.5 Å². The number of hydrogen-bond acceptors (Lipinski definition) is 1. The Labute approximate surface area is 130 Å². The lowest BCUT2D eigenvalue weighted by atomic mass is 9.63. The van der Waals surface area contributed by atoms with Crippen molar-refractivity contribution in [3.05, 3.63) is 0 Å². The number of rotatable bonds is 5. The van der Waals surface area contributed by atoms with Crippen LogP contribution in [0.1, 0.15) is 65.2 Å². The number of aliphatic carboxylic acids is 1. The highest BCUT2D eigenvalue weighted by molar-refractivity contribution is 6.51. The van der Waals surface area contributed by atoms with Gasteiger partial charge in [-0.2, -0.15) is 0 Å². The average molecular weight is 315 g/mol. The number of carboxylic acid groups (broad SMARTS) is 1. The Morgan fingerprint density at radius 3 is 2.29 bits per heavy atom. The summed E-state index contributed by atoms with van der Waals surface area (Å²) in [7, 11) is -2.07. The van der Waals surface area contributed by atoms with E-state index in [1.165, 1.54) is 25.7 Å². The monoisotopic (exact) mass is 314 g/mol. The first kappa shape index (κ1) is 17.0. The van der Waals surface area contributed by atoms with Gasteiger partial charge in [-0.05, 0) is 55.5 Å². The number of halogens is 1. The maximum Gasteiger partial charge on any atom is 0.309 e. The van der Waals surface area contributed by atoms with Gasteiger partial charge in [-0.3, -0.25) is 4.79 Å². The second kappa shape index (κ2) is 7.25. The molecule has 122 valence electrons. The van der Waals surface area contributed by atoms with Crippen LogP contribution in [0.2, 0.25) is 12.1 Å². The zero-order valence-corrected chi connectivity index (χ0v) is 14.8. The summed E-state index contributed by atoms with van der Waals surface area (Å²) in [4.78, 5) is 11.9. The van der Waals surface area contributed by atoms with E-state index in [0.717, 1.165) is 24.7 Å². The fourth-order valence-corrected chi connectivity index (χ4v) is 6.41. The largest absolute Gasteiger partial charge is 0.481 e. The molecule has 0 aromatic heterocycles. The van der Waals surface area contributed by atoms with Gasteiger partial charge in [0.2, 0.25) is 9.13 Å². The molecule has 0 spiro atoms. The topological polar surface area (TPSA) is 37.3 Å². The molecule has 1 aliphatic carbocycles. The zero-order chi connectivity index (χ0) is 15.5. The minimum atomic E-state index is -2.07. The first-order valence-electron chi connectivity index (χ1n) is 8.81. The van der Waals surface area contributed by atoms with Crippen LogP contribution in [0.15, 0.2) is 0 Å². The Morgan fingerprint density at radius 2 is 1.81 bits per heavy atom. The third-order valence-electron chi connectivity index (χ3n) is 6.01. The summed E-state index contributed by atoms with van der Waals surface area (Å²) in [6.07, 6.45) is 8.26. The molecule has 0 aromatic carbocycles. The molecule has 0 radical (unpaired) electrons. The standard InChI is InChI=1S/C17H31FO2Si/c1-13(2)3-4-14-5-7-15(8-6-14)17(16(19)20)9-11-21(18)12-10-17/h13-15,21H,3-12H2,1-2H3,(H,19,20). The lowest BCUT2D eigenvalue weighted by Gasteiger charge is -2.43. The molecule has 4 heteroatoms. The minimum absolute atomic E-state index is 0.298. The third-order valence-corrected chi connectivity index (χ3v) is 7.84. The van der Waals surface area contributed by atoms with Gasteiger partial charge in [0, 0.05) is 0 Å². The molecule has 2 rings (SSSR count). The molecule has 1 saturated heterocycles. The minimum Gasteiger partial charge on any atom is -0.481 e. The Hall–Kier alpha value is -0.383. The molecule has 0 unspecified atom stereocenters. The highest BCUT2D eigenvalue weighted by Gasteiger charge is 2.49. The van der Waals surface area contributed by atoms with Gasteiger partial charge in [0.05, 0.1) is 5.41 Å². The Bertz CT molecular complexity index is 343. The summed E-state index contributed by atoms with van der Waals surface area (Å²) in [6, 6.07) is 1.17. The SMILES string of the molecule is CC(C)CCC1CCC(C2(C(=O)O)CC[SiH](F)CC2)CC1. The predicted molar refractivity (Wildman–Crippen MR) is 86.7 cm³/mol. The second-order valence-corrected chi connectivity index (χ2v) is 10.2. The number of carboxylic acids is 1. The van der Waals surface area contributed by atoms with Gasteiger partial charge in [-0.25, -0.2) is 0 Å². The maximum absolute atomic E-state index is 13.5. The molecular weight excluding hydrogens is 283 g/mol. The Kier molecular flexibility index (Phi) is 5.86. The first-order valence-corrected chi connectivity index (χ1v) is 10.9. The van der Waals surface area contributed by atoms with Crippen molar-refractivity contribution in [3.8, 4) is 0 Å². The van der Waals surface area contributed by atoms with E-state index in [1.54, 1.807) is 0 Å². The molecule has 0 aromatic rings. The van der Waals surface area contributed by atoms with Gasteiger partial charge >= 0.3 is 5.97 Å². The van der Waals surface area contributed by atoms with Crippen LogP contribution in [0.25, 0.3) is 0 Å². The van der Waals surface area contributed by atoms with Crippen molar-refractivity contribution in [1.82, 2.24) is 0 Å². The molecule has 1 N–H and O–H groups in total. The normalized spacial score (nSPS) is 37.6. The van der Waals surface area contributed by atoms with Crippen molar-refractivity contribution in [1.29, 1.82) is 0 Å². The van der Waals surface area contributed by atoms with E-state index < -0.39 is 20.5 Å². The summed E-state index contributed by atoms with van der Waals surface area (Å²) in [5.74, 6) is 1.21. The molecule has 0 bridgehead atoms.